The second-order valence-electron chi connectivity index (χ2n) is 7.04. The molecule has 0 saturated heterocycles. The lowest BCUT2D eigenvalue weighted by atomic mass is 10.0. The zero-order valence-electron chi connectivity index (χ0n) is 17.2. The summed E-state index contributed by atoms with van der Waals surface area (Å²) in [5, 5.41) is 14.0. The Morgan fingerprint density at radius 1 is 0.939 bits per heavy atom. The first-order chi connectivity index (χ1) is 16.0. The van der Waals surface area contributed by atoms with Crippen molar-refractivity contribution in [2.45, 2.75) is 6.04 Å². The number of aromatic nitrogens is 2. The lowest BCUT2D eigenvalue weighted by Gasteiger charge is -2.18. The molecule has 0 spiro atoms. The van der Waals surface area contributed by atoms with Crippen LogP contribution in [0, 0.1) is 0 Å². The summed E-state index contributed by atoms with van der Waals surface area (Å²) in [4.78, 5) is 38.1. The number of fused-ring (bicyclic) bond motifs is 1. The molecule has 4 rings (SSSR count). The first-order valence-electron chi connectivity index (χ1n) is 9.94. The summed E-state index contributed by atoms with van der Waals surface area (Å²) in [6.07, 6.45) is 1.48. The van der Waals surface area contributed by atoms with E-state index < -0.39 is 23.4 Å². The third kappa shape index (κ3) is 5.21. The fourth-order valence-corrected chi connectivity index (χ4v) is 3.47. The van der Waals surface area contributed by atoms with E-state index in [0.717, 1.165) is 10.0 Å². The first-order valence-corrected chi connectivity index (χ1v) is 10.7. The molecule has 4 aromatic rings. The van der Waals surface area contributed by atoms with Crippen LogP contribution in [0.1, 0.15) is 27.7 Å². The molecule has 9 heteroatoms. The van der Waals surface area contributed by atoms with Gasteiger partial charge in [-0.3, -0.25) is 14.4 Å². The van der Waals surface area contributed by atoms with Crippen LogP contribution < -0.4 is 16.3 Å². The van der Waals surface area contributed by atoms with E-state index in [1.54, 1.807) is 54.6 Å². The van der Waals surface area contributed by atoms with Crippen molar-refractivity contribution in [1.82, 2.24) is 20.9 Å². The molecular weight excluding hydrogens is 486 g/mol. The molecule has 33 heavy (non-hydrogen) atoms. The lowest BCUT2D eigenvalue weighted by Crippen LogP contribution is -2.40. The van der Waals surface area contributed by atoms with Crippen LogP contribution >= 0.6 is 15.9 Å². The average molecular weight is 504 g/mol. The number of benzene rings is 3. The number of rotatable bonds is 6. The second-order valence-corrected chi connectivity index (χ2v) is 7.96. The Labute approximate surface area is 196 Å². The number of halogens is 1. The summed E-state index contributed by atoms with van der Waals surface area (Å²) in [7, 11) is 0. The molecule has 1 aromatic heterocycles. The number of carbonyl (C=O) groups excluding carboxylic acids is 2. The van der Waals surface area contributed by atoms with Crippen LogP contribution in [0.15, 0.2) is 93.2 Å². The fraction of sp³-hybridized carbons (Fsp3) is 0.0417. The van der Waals surface area contributed by atoms with Crippen LogP contribution in [-0.4, -0.2) is 28.2 Å². The molecule has 3 aromatic carbocycles. The minimum atomic E-state index is -1.21. The molecule has 0 aliphatic carbocycles. The maximum Gasteiger partial charge on any atom is 0.272 e. The van der Waals surface area contributed by atoms with E-state index in [-0.39, 0.29) is 5.69 Å². The second kappa shape index (κ2) is 10.0. The number of carbonyl (C=O) groups is 2. The summed E-state index contributed by atoms with van der Waals surface area (Å²) in [6.45, 7) is 0. The Morgan fingerprint density at radius 3 is 2.33 bits per heavy atom. The topological polar surface area (TPSA) is 116 Å². The smallest absolute Gasteiger partial charge is 0.272 e. The normalized spacial score (nSPS) is 11.9. The average Bonchev–Trinajstić information content (AvgIpc) is 2.85. The van der Waals surface area contributed by atoms with Gasteiger partial charge >= 0.3 is 0 Å². The van der Waals surface area contributed by atoms with E-state index in [2.05, 4.69) is 42.0 Å². The van der Waals surface area contributed by atoms with E-state index in [1.165, 1.54) is 6.21 Å². The molecule has 0 bridgehead atoms. The third-order valence-electron chi connectivity index (χ3n) is 4.83. The van der Waals surface area contributed by atoms with Crippen molar-refractivity contribution in [3.8, 4) is 0 Å². The number of hydrazone groups is 1. The van der Waals surface area contributed by atoms with Gasteiger partial charge in [0.05, 0.1) is 11.6 Å². The monoisotopic (exact) mass is 503 g/mol. The number of nitrogens with zero attached hydrogens (tertiary/aromatic N) is 2. The SMILES string of the molecule is O=C(N[C@@H](C(=O)NN=Cc1ccc(Br)cc1)c1n[nH]c(=O)c2ccccc12)c1ccccc1. The van der Waals surface area contributed by atoms with E-state index in [9.17, 15) is 14.4 Å². The Morgan fingerprint density at radius 2 is 1.61 bits per heavy atom. The third-order valence-corrected chi connectivity index (χ3v) is 5.36. The molecule has 8 nitrogen and oxygen atoms in total. The highest BCUT2D eigenvalue weighted by Crippen LogP contribution is 2.20. The molecule has 0 aliphatic rings. The van der Waals surface area contributed by atoms with Crippen molar-refractivity contribution < 1.29 is 9.59 Å². The summed E-state index contributed by atoms with van der Waals surface area (Å²) in [5.74, 6) is -1.08. The lowest BCUT2D eigenvalue weighted by molar-refractivity contribution is -0.123. The van der Waals surface area contributed by atoms with Crippen LogP contribution in [0.5, 0.6) is 0 Å². The molecule has 0 saturated carbocycles. The molecule has 0 fully saturated rings. The molecule has 0 radical (unpaired) electrons. The molecule has 0 aliphatic heterocycles. The van der Waals surface area contributed by atoms with Crippen molar-refractivity contribution in [1.29, 1.82) is 0 Å². The van der Waals surface area contributed by atoms with Gasteiger partial charge in [-0.05, 0) is 35.9 Å². The van der Waals surface area contributed by atoms with E-state index in [4.69, 9.17) is 0 Å². The Kier molecular flexibility index (Phi) is 6.70. The van der Waals surface area contributed by atoms with Crippen molar-refractivity contribution in [3.05, 3.63) is 111 Å². The van der Waals surface area contributed by atoms with Crippen LogP contribution in [0.3, 0.4) is 0 Å². The van der Waals surface area contributed by atoms with E-state index in [0.29, 0.717) is 16.3 Å². The van der Waals surface area contributed by atoms with Gasteiger partial charge in [-0.2, -0.15) is 10.2 Å². The quantitative estimate of drug-likeness (QED) is 0.276. The number of H-pyrrole nitrogens is 1. The van der Waals surface area contributed by atoms with Crippen LogP contribution in [0.4, 0.5) is 0 Å². The maximum absolute atomic E-state index is 13.1. The van der Waals surface area contributed by atoms with Gasteiger partial charge in [0.2, 0.25) is 0 Å². The Bertz CT molecular complexity index is 1380. The predicted octanol–water partition coefficient (Wildman–Crippen LogP) is 3.31. The fourth-order valence-electron chi connectivity index (χ4n) is 3.20. The number of nitrogens with one attached hydrogen (secondary N) is 3. The maximum atomic E-state index is 13.1. The number of hydrogen-bond acceptors (Lipinski definition) is 5. The van der Waals surface area contributed by atoms with Crippen molar-refractivity contribution >= 4 is 44.7 Å². The van der Waals surface area contributed by atoms with E-state index >= 15 is 0 Å². The van der Waals surface area contributed by atoms with Gasteiger partial charge in [0.1, 0.15) is 5.69 Å². The van der Waals surface area contributed by atoms with Gasteiger partial charge in [-0.15, -0.1) is 0 Å². The first kappa shape index (κ1) is 22.1. The minimum Gasteiger partial charge on any atom is -0.335 e. The highest BCUT2D eigenvalue weighted by molar-refractivity contribution is 9.10. The summed E-state index contributed by atoms with van der Waals surface area (Å²) in [5.41, 5.74) is 3.41. The number of amides is 2. The largest absolute Gasteiger partial charge is 0.335 e. The van der Waals surface area contributed by atoms with Gasteiger partial charge in [-0.1, -0.05) is 64.5 Å². The molecule has 1 atom stereocenters. The molecule has 0 unspecified atom stereocenters. The van der Waals surface area contributed by atoms with Crippen LogP contribution in [-0.2, 0) is 4.79 Å². The standard InChI is InChI=1S/C24H18BrN5O3/c25-17-12-10-15(11-13-17)14-26-29-24(33)21(27-22(31)16-6-2-1-3-7-16)20-18-8-4-5-9-19(18)23(32)30-28-20/h1-14,21H,(H,27,31)(H,29,33)(H,30,32)/t21-/m1/s1. The van der Waals surface area contributed by atoms with Gasteiger partial charge < -0.3 is 5.32 Å². The molecule has 1 heterocycles. The highest BCUT2D eigenvalue weighted by atomic mass is 79.9. The van der Waals surface area contributed by atoms with Gasteiger partial charge in [0.25, 0.3) is 17.4 Å². The van der Waals surface area contributed by atoms with Crippen molar-refractivity contribution in [3.63, 3.8) is 0 Å². The zero-order chi connectivity index (χ0) is 23.2. The highest BCUT2D eigenvalue weighted by Gasteiger charge is 2.27. The summed E-state index contributed by atoms with van der Waals surface area (Å²) < 4.78 is 0.920. The number of hydrogen-bond donors (Lipinski definition) is 3. The predicted molar refractivity (Wildman–Crippen MR) is 129 cm³/mol. The van der Waals surface area contributed by atoms with E-state index in [1.807, 2.05) is 24.3 Å². The zero-order valence-corrected chi connectivity index (χ0v) is 18.7. The Balaban J connectivity index is 1.66. The molecule has 3 N–H and O–H groups in total. The number of aromatic amines is 1. The van der Waals surface area contributed by atoms with Gasteiger partial charge in [0.15, 0.2) is 6.04 Å². The van der Waals surface area contributed by atoms with Crippen molar-refractivity contribution in [2.24, 2.45) is 5.10 Å². The summed E-state index contributed by atoms with van der Waals surface area (Å²) in [6, 6.07) is 21.4. The molecular formula is C24H18BrN5O3. The van der Waals surface area contributed by atoms with Crippen molar-refractivity contribution in [2.75, 3.05) is 0 Å². The van der Waals surface area contributed by atoms with Crippen LogP contribution in [0.2, 0.25) is 0 Å². The summed E-state index contributed by atoms with van der Waals surface area (Å²) >= 11 is 3.36. The van der Waals surface area contributed by atoms with Gasteiger partial charge in [-0.25, -0.2) is 10.5 Å². The molecule has 164 valence electrons. The van der Waals surface area contributed by atoms with Crippen LogP contribution in [0.25, 0.3) is 10.8 Å². The van der Waals surface area contributed by atoms with Gasteiger partial charge in [0, 0.05) is 15.4 Å². The minimum absolute atomic E-state index is 0.200. The molecule has 2 amide bonds. The Hall–Kier alpha value is -4.11.